The van der Waals surface area contributed by atoms with Crippen LogP contribution in [0.5, 0.6) is 0 Å². The molecule has 24 heavy (non-hydrogen) atoms. The number of likely N-dealkylation sites (tertiary alicyclic amines) is 1. The van der Waals surface area contributed by atoms with Gasteiger partial charge in [0.25, 0.3) is 0 Å². The van der Waals surface area contributed by atoms with Crippen molar-refractivity contribution in [2.45, 2.75) is 36.2 Å². The fraction of sp³-hybridized carbons (Fsp3) is 0.412. The number of rotatable bonds is 6. The van der Waals surface area contributed by atoms with Crippen molar-refractivity contribution < 1.29 is 13.5 Å². The molecule has 1 fully saturated rings. The van der Waals surface area contributed by atoms with Crippen LogP contribution in [-0.4, -0.2) is 37.6 Å². The summed E-state index contributed by atoms with van der Waals surface area (Å²) >= 11 is 1.12. The minimum absolute atomic E-state index is 0.0767. The second-order valence-electron chi connectivity index (χ2n) is 6.06. The molecule has 2 aromatic rings. The fourth-order valence-electron chi connectivity index (χ4n) is 3.00. The summed E-state index contributed by atoms with van der Waals surface area (Å²) in [6.45, 7) is 2.41. The van der Waals surface area contributed by atoms with E-state index in [2.05, 4.69) is 21.8 Å². The van der Waals surface area contributed by atoms with Crippen LogP contribution in [0.2, 0.25) is 0 Å². The van der Waals surface area contributed by atoms with E-state index in [0.717, 1.165) is 37.3 Å². The lowest BCUT2D eigenvalue weighted by Crippen LogP contribution is -2.47. The van der Waals surface area contributed by atoms with Crippen LogP contribution in [-0.2, 0) is 23.2 Å². The minimum Gasteiger partial charge on any atom is -0.391 e. The Morgan fingerprint density at radius 3 is 2.71 bits per heavy atom. The number of benzene rings is 1. The van der Waals surface area contributed by atoms with Crippen molar-refractivity contribution in [3.63, 3.8) is 0 Å². The molecule has 5 nitrogen and oxygen atoms in total. The summed E-state index contributed by atoms with van der Waals surface area (Å²) in [5.41, 5.74) is 1.24. The van der Waals surface area contributed by atoms with Gasteiger partial charge in [0, 0.05) is 24.0 Å². The molecule has 1 aliphatic heterocycles. The van der Waals surface area contributed by atoms with Gasteiger partial charge >= 0.3 is 0 Å². The second kappa shape index (κ2) is 7.76. The number of nitrogens with zero attached hydrogens (tertiary/aromatic N) is 1. The molecule has 1 aliphatic rings. The SMILES string of the molecule is O=S(=O)(NC1CCCN(Cc2ccccc2)C1)c1ccc(CO)s1. The van der Waals surface area contributed by atoms with Crippen molar-refractivity contribution in [2.24, 2.45) is 0 Å². The summed E-state index contributed by atoms with van der Waals surface area (Å²) in [6.07, 6.45) is 1.83. The van der Waals surface area contributed by atoms with E-state index in [-0.39, 0.29) is 16.9 Å². The normalized spacial score (nSPS) is 19.5. The first-order chi connectivity index (χ1) is 11.6. The van der Waals surface area contributed by atoms with Crippen molar-refractivity contribution in [3.8, 4) is 0 Å². The minimum atomic E-state index is -3.51. The number of aliphatic hydroxyl groups excluding tert-OH is 1. The fourth-order valence-corrected chi connectivity index (χ4v) is 5.50. The summed E-state index contributed by atoms with van der Waals surface area (Å²) < 4.78 is 28.1. The van der Waals surface area contributed by atoms with Gasteiger partial charge in [-0.15, -0.1) is 11.3 Å². The molecule has 0 amide bonds. The summed E-state index contributed by atoms with van der Waals surface area (Å²) in [7, 11) is -3.51. The Morgan fingerprint density at radius 1 is 1.21 bits per heavy atom. The maximum absolute atomic E-state index is 12.5. The van der Waals surface area contributed by atoms with Crippen molar-refractivity contribution in [1.29, 1.82) is 0 Å². The van der Waals surface area contributed by atoms with E-state index in [1.54, 1.807) is 12.1 Å². The average Bonchev–Trinajstić information content (AvgIpc) is 3.06. The number of aliphatic hydroxyl groups is 1. The van der Waals surface area contributed by atoms with Gasteiger partial charge in [0.15, 0.2) is 0 Å². The third kappa shape index (κ3) is 4.43. The number of sulfonamides is 1. The van der Waals surface area contributed by atoms with Gasteiger partial charge in [-0.1, -0.05) is 30.3 Å². The molecule has 1 unspecified atom stereocenters. The van der Waals surface area contributed by atoms with Crippen LogP contribution < -0.4 is 4.72 Å². The predicted molar refractivity (Wildman–Crippen MR) is 95.3 cm³/mol. The zero-order valence-electron chi connectivity index (χ0n) is 13.4. The zero-order valence-corrected chi connectivity index (χ0v) is 15.0. The lowest BCUT2D eigenvalue weighted by Gasteiger charge is -2.32. The molecule has 0 spiro atoms. The van der Waals surface area contributed by atoms with E-state index in [1.807, 2.05) is 18.2 Å². The zero-order chi connectivity index (χ0) is 17.0. The number of hydrogen-bond donors (Lipinski definition) is 2. The monoisotopic (exact) mass is 366 g/mol. The lowest BCUT2D eigenvalue weighted by atomic mass is 10.1. The van der Waals surface area contributed by atoms with Crippen LogP contribution in [0.15, 0.2) is 46.7 Å². The van der Waals surface area contributed by atoms with Crippen LogP contribution in [0.3, 0.4) is 0 Å². The van der Waals surface area contributed by atoms with Gasteiger partial charge in [-0.3, -0.25) is 4.90 Å². The van der Waals surface area contributed by atoms with Gasteiger partial charge < -0.3 is 5.11 Å². The van der Waals surface area contributed by atoms with E-state index in [9.17, 15) is 8.42 Å². The molecule has 1 aromatic heterocycles. The third-order valence-electron chi connectivity index (χ3n) is 4.13. The van der Waals surface area contributed by atoms with Gasteiger partial charge in [-0.25, -0.2) is 13.1 Å². The first kappa shape index (κ1) is 17.6. The molecule has 0 radical (unpaired) electrons. The molecule has 130 valence electrons. The van der Waals surface area contributed by atoms with Gasteiger partial charge in [-0.05, 0) is 37.1 Å². The summed E-state index contributed by atoms with van der Waals surface area (Å²) in [4.78, 5) is 2.95. The van der Waals surface area contributed by atoms with Crippen LogP contribution in [0.25, 0.3) is 0 Å². The Hall–Kier alpha value is -1.25. The lowest BCUT2D eigenvalue weighted by molar-refractivity contribution is 0.194. The number of thiophene rings is 1. The van der Waals surface area contributed by atoms with E-state index < -0.39 is 10.0 Å². The maximum atomic E-state index is 12.5. The van der Waals surface area contributed by atoms with Crippen LogP contribution >= 0.6 is 11.3 Å². The number of piperidine rings is 1. The Morgan fingerprint density at radius 2 is 2.00 bits per heavy atom. The second-order valence-corrected chi connectivity index (χ2v) is 9.17. The highest BCUT2D eigenvalue weighted by atomic mass is 32.2. The Balaban J connectivity index is 1.62. The van der Waals surface area contributed by atoms with E-state index in [1.165, 1.54) is 5.56 Å². The Bertz CT molecular complexity index is 759. The van der Waals surface area contributed by atoms with Gasteiger partial charge in [0.2, 0.25) is 10.0 Å². The van der Waals surface area contributed by atoms with Crippen molar-refractivity contribution in [2.75, 3.05) is 13.1 Å². The topological polar surface area (TPSA) is 69.6 Å². The van der Waals surface area contributed by atoms with Crippen LogP contribution in [0.4, 0.5) is 0 Å². The van der Waals surface area contributed by atoms with Gasteiger partial charge in [-0.2, -0.15) is 0 Å². The van der Waals surface area contributed by atoms with Crippen molar-refractivity contribution in [3.05, 3.63) is 52.9 Å². The van der Waals surface area contributed by atoms with Crippen molar-refractivity contribution >= 4 is 21.4 Å². The smallest absolute Gasteiger partial charge is 0.250 e. The average molecular weight is 367 g/mol. The third-order valence-corrected chi connectivity index (χ3v) is 7.22. The highest BCUT2D eigenvalue weighted by Gasteiger charge is 2.26. The highest BCUT2D eigenvalue weighted by molar-refractivity contribution is 7.91. The van der Waals surface area contributed by atoms with E-state index in [0.29, 0.717) is 11.4 Å². The molecule has 2 N–H and O–H groups in total. The quantitative estimate of drug-likeness (QED) is 0.822. The first-order valence-corrected chi connectivity index (χ1v) is 10.3. The van der Waals surface area contributed by atoms with Crippen molar-refractivity contribution in [1.82, 2.24) is 9.62 Å². The Labute approximate surface area is 147 Å². The molecule has 0 aliphatic carbocycles. The molecule has 0 saturated carbocycles. The van der Waals surface area contributed by atoms with E-state index >= 15 is 0 Å². The summed E-state index contributed by atoms with van der Waals surface area (Å²) in [6, 6.07) is 13.4. The van der Waals surface area contributed by atoms with Crippen LogP contribution in [0.1, 0.15) is 23.3 Å². The Kier molecular flexibility index (Phi) is 5.68. The van der Waals surface area contributed by atoms with Crippen LogP contribution in [0, 0.1) is 0 Å². The molecule has 3 rings (SSSR count). The molecular formula is C17H22N2O3S2. The first-order valence-electron chi connectivity index (χ1n) is 8.05. The molecule has 1 atom stereocenters. The van der Waals surface area contributed by atoms with E-state index in [4.69, 9.17) is 5.11 Å². The number of hydrogen-bond acceptors (Lipinski definition) is 5. The summed E-state index contributed by atoms with van der Waals surface area (Å²) in [5.74, 6) is 0. The highest BCUT2D eigenvalue weighted by Crippen LogP contribution is 2.23. The molecule has 7 heteroatoms. The molecule has 0 bridgehead atoms. The predicted octanol–water partition coefficient (Wildman–Crippen LogP) is 2.18. The molecular weight excluding hydrogens is 344 g/mol. The molecule has 2 heterocycles. The van der Waals surface area contributed by atoms with Gasteiger partial charge in [0.05, 0.1) is 6.61 Å². The molecule has 1 aromatic carbocycles. The standard InChI is InChI=1S/C17H22N2O3S2/c20-13-16-8-9-17(23-16)24(21,22)18-15-7-4-10-19(12-15)11-14-5-2-1-3-6-14/h1-3,5-6,8-9,15,18,20H,4,7,10-13H2. The molecule has 1 saturated heterocycles. The van der Waals surface area contributed by atoms with Gasteiger partial charge in [0.1, 0.15) is 4.21 Å². The number of nitrogens with one attached hydrogen (secondary N) is 1. The maximum Gasteiger partial charge on any atom is 0.250 e. The largest absolute Gasteiger partial charge is 0.391 e. The summed E-state index contributed by atoms with van der Waals surface area (Å²) in [5, 5.41) is 9.10.